The summed E-state index contributed by atoms with van der Waals surface area (Å²) >= 11 is 6.37. The van der Waals surface area contributed by atoms with Crippen molar-refractivity contribution in [1.82, 2.24) is 4.90 Å². The third-order valence-corrected chi connectivity index (χ3v) is 8.92. The van der Waals surface area contributed by atoms with Crippen molar-refractivity contribution in [3.63, 3.8) is 0 Å². The van der Waals surface area contributed by atoms with Crippen molar-refractivity contribution >= 4 is 29.0 Å². The van der Waals surface area contributed by atoms with Gasteiger partial charge in [0.25, 0.3) is 0 Å². The number of carbonyl (C=O) groups excluding carboxylic acids is 2. The Hall–Kier alpha value is -2.53. The lowest BCUT2D eigenvalue weighted by Crippen LogP contribution is -2.46. The van der Waals surface area contributed by atoms with Gasteiger partial charge in [0.05, 0.1) is 18.2 Å². The number of amides is 1. The number of ether oxygens (including phenoxy) is 1. The van der Waals surface area contributed by atoms with Crippen molar-refractivity contribution in [3.05, 3.63) is 58.1 Å². The normalized spacial score (nSPS) is 24.9. The second kappa shape index (κ2) is 11.1. The van der Waals surface area contributed by atoms with E-state index in [9.17, 15) is 9.59 Å². The summed E-state index contributed by atoms with van der Waals surface area (Å²) in [6.45, 7) is 4.81. The number of rotatable bonds is 1. The smallest absolute Gasteiger partial charge is 0.223 e. The van der Waals surface area contributed by atoms with Crippen LogP contribution in [0.25, 0.3) is 0 Å². The van der Waals surface area contributed by atoms with Gasteiger partial charge in [-0.25, -0.2) is 0 Å². The number of aryl methyl sites for hydroxylation is 1. The molecule has 0 saturated heterocycles. The first kappa shape index (κ1) is 26.1. The lowest BCUT2D eigenvalue weighted by Gasteiger charge is -2.41. The fourth-order valence-corrected chi connectivity index (χ4v) is 6.71. The zero-order chi connectivity index (χ0) is 26.0. The van der Waals surface area contributed by atoms with Gasteiger partial charge in [-0.15, -0.1) is 0 Å². The molecule has 0 saturated carbocycles. The Morgan fingerprint density at radius 2 is 1.81 bits per heavy atom. The summed E-state index contributed by atoms with van der Waals surface area (Å²) in [4.78, 5) is 30.0. The second-order valence-electron chi connectivity index (χ2n) is 11.3. The maximum absolute atomic E-state index is 13.0. The molecule has 0 N–H and O–H groups in total. The van der Waals surface area contributed by atoms with Gasteiger partial charge in [-0.05, 0) is 80.0 Å². The van der Waals surface area contributed by atoms with Crippen LogP contribution >= 0.6 is 11.6 Å². The highest BCUT2D eigenvalue weighted by Gasteiger charge is 2.41. The number of carbonyl (C=O) groups is 2. The van der Waals surface area contributed by atoms with Gasteiger partial charge in [0.2, 0.25) is 5.91 Å². The van der Waals surface area contributed by atoms with Gasteiger partial charge >= 0.3 is 0 Å². The van der Waals surface area contributed by atoms with Crippen LogP contribution in [0, 0.1) is 0 Å². The molecule has 6 heteroatoms. The molecule has 0 radical (unpaired) electrons. The molecule has 1 spiro atoms. The number of fused-ring (bicyclic) bond motifs is 3. The summed E-state index contributed by atoms with van der Waals surface area (Å²) in [5.41, 5.74) is 4.56. The Balaban J connectivity index is 1.54. The lowest BCUT2D eigenvalue weighted by atomic mass is 9.70. The Kier molecular flexibility index (Phi) is 7.80. The molecule has 1 aliphatic carbocycles. The van der Waals surface area contributed by atoms with Gasteiger partial charge in [-0.3, -0.25) is 9.59 Å². The van der Waals surface area contributed by atoms with Crippen molar-refractivity contribution in [2.75, 3.05) is 38.2 Å². The SMILES string of the molecule is CC(=O)[C@@H]1CC(=O)N(C)CCCCCCCN2C[C@@]3(CCCc4cc(Cl)ccc43)COc3ccc1cc32. The Labute approximate surface area is 226 Å². The van der Waals surface area contributed by atoms with Crippen molar-refractivity contribution in [2.45, 2.75) is 76.0 Å². The maximum atomic E-state index is 13.0. The Morgan fingerprint density at radius 1 is 1.03 bits per heavy atom. The average Bonchev–Trinajstić information content (AvgIpc) is 3.03. The minimum Gasteiger partial charge on any atom is -0.490 e. The van der Waals surface area contributed by atoms with E-state index in [0.29, 0.717) is 6.61 Å². The predicted octanol–water partition coefficient (Wildman–Crippen LogP) is 6.30. The summed E-state index contributed by atoms with van der Waals surface area (Å²) in [7, 11) is 1.86. The van der Waals surface area contributed by atoms with Gasteiger partial charge in [0, 0.05) is 43.5 Å². The van der Waals surface area contributed by atoms with Crippen LogP contribution in [0.4, 0.5) is 5.69 Å². The summed E-state index contributed by atoms with van der Waals surface area (Å²) in [6.07, 6.45) is 9.03. The number of Topliss-reactive ketones (excluding diaryl/α,β-unsaturated/α-hetero) is 1. The first-order valence-corrected chi connectivity index (χ1v) is 14.3. The van der Waals surface area contributed by atoms with E-state index in [2.05, 4.69) is 23.1 Å². The van der Waals surface area contributed by atoms with E-state index in [1.165, 1.54) is 24.0 Å². The molecule has 0 fully saturated rings. The van der Waals surface area contributed by atoms with Gasteiger partial charge in [-0.2, -0.15) is 0 Å². The molecule has 198 valence electrons. The van der Waals surface area contributed by atoms with Gasteiger partial charge in [0.1, 0.15) is 11.5 Å². The standard InChI is InChI=1S/C31H39ClN2O3/c1-22(35)26-19-30(36)33(2)15-6-4-3-5-7-16-34-20-31(21-37-29-13-10-23(26)18-28(29)34)14-8-9-24-17-25(32)11-12-27(24)31/h10-13,17-18,26H,3-9,14-16,19-21H2,1-2H3/t26-,31-/m0/s1. The van der Waals surface area contributed by atoms with E-state index in [-0.39, 0.29) is 23.5 Å². The van der Waals surface area contributed by atoms with Gasteiger partial charge in [-0.1, -0.05) is 43.0 Å². The monoisotopic (exact) mass is 522 g/mol. The summed E-state index contributed by atoms with van der Waals surface area (Å²) in [5.74, 6) is 0.495. The van der Waals surface area contributed by atoms with E-state index < -0.39 is 5.92 Å². The van der Waals surface area contributed by atoms with Crippen LogP contribution in [-0.2, 0) is 21.4 Å². The van der Waals surface area contributed by atoms with E-state index in [1.807, 2.05) is 25.2 Å². The van der Waals surface area contributed by atoms with Crippen LogP contribution in [-0.4, -0.2) is 49.9 Å². The zero-order valence-electron chi connectivity index (χ0n) is 22.2. The molecule has 2 aromatic carbocycles. The molecule has 3 aliphatic rings. The fraction of sp³-hybridized carbons (Fsp3) is 0.548. The number of nitrogens with zero attached hydrogens (tertiary/aromatic N) is 2. The first-order valence-electron chi connectivity index (χ1n) is 13.9. The second-order valence-corrected chi connectivity index (χ2v) is 11.8. The third kappa shape index (κ3) is 5.52. The number of anilines is 1. The molecule has 5 rings (SSSR count). The highest BCUT2D eigenvalue weighted by Crippen LogP contribution is 2.45. The fourth-order valence-electron chi connectivity index (χ4n) is 6.52. The molecule has 2 bridgehead atoms. The van der Waals surface area contributed by atoms with Crippen molar-refractivity contribution in [3.8, 4) is 5.75 Å². The minimum atomic E-state index is -0.443. The van der Waals surface area contributed by atoms with E-state index >= 15 is 0 Å². The molecule has 0 unspecified atom stereocenters. The molecule has 0 aromatic heterocycles. The number of ketones is 1. The van der Waals surface area contributed by atoms with Crippen LogP contribution in [0.15, 0.2) is 36.4 Å². The number of hydrogen-bond donors (Lipinski definition) is 0. The largest absolute Gasteiger partial charge is 0.490 e. The molecule has 37 heavy (non-hydrogen) atoms. The van der Waals surface area contributed by atoms with Crippen LogP contribution in [0.3, 0.4) is 0 Å². The quantitative estimate of drug-likeness (QED) is 0.441. The third-order valence-electron chi connectivity index (χ3n) is 8.68. The summed E-state index contributed by atoms with van der Waals surface area (Å²) < 4.78 is 6.58. The Morgan fingerprint density at radius 3 is 2.62 bits per heavy atom. The molecule has 2 atom stereocenters. The molecular formula is C31H39ClN2O3. The van der Waals surface area contributed by atoms with E-state index in [0.717, 1.165) is 80.2 Å². The molecule has 2 aliphatic heterocycles. The molecule has 5 nitrogen and oxygen atoms in total. The zero-order valence-corrected chi connectivity index (χ0v) is 23.0. The van der Waals surface area contributed by atoms with Crippen LogP contribution in [0.2, 0.25) is 5.02 Å². The van der Waals surface area contributed by atoms with E-state index in [1.54, 1.807) is 11.8 Å². The van der Waals surface area contributed by atoms with Crippen molar-refractivity contribution < 1.29 is 14.3 Å². The molecule has 2 aromatic rings. The summed E-state index contributed by atoms with van der Waals surface area (Å²) in [6, 6.07) is 12.5. The predicted molar refractivity (Wildman–Crippen MR) is 149 cm³/mol. The highest BCUT2D eigenvalue weighted by molar-refractivity contribution is 6.30. The van der Waals surface area contributed by atoms with Crippen LogP contribution < -0.4 is 9.64 Å². The number of hydrogen-bond acceptors (Lipinski definition) is 4. The van der Waals surface area contributed by atoms with Crippen molar-refractivity contribution in [1.29, 1.82) is 0 Å². The van der Waals surface area contributed by atoms with Gasteiger partial charge in [0.15, 0.2) is 0 Å². The van der Waals surface area contributed by atoms with Crippen LogP contribution in [0.1, 0.15) is 80.9 Å². The first-order chi connectivity index (χ1) is 17.9. The van der Waals surface area contributed by atoms with E-state index in [4.69, 9.17) is 16.3 Å². The average molecular weight is 523 g/mol. The molecule has 2 heterocycles. The molecule has 1 amide bonds. The molecular weight excluding hydrogens is 484 g/mol. The Bertz CT molecular complexity index is 1170. The minimum absolute atomic E-state index is 0.0293. The number of halogens is 1. The van der Waals surface area contributed by atoms with Crippen molar-refractivity contribution in [2.24, 2.45) is 0 Å². The summed E-state index contributed by atoms with van der Waals surface area (Å²) in [5, 5.41) is 0.794. The maximum Gasteiger partial charge on any atom is 0.223 e. The number of benzene rings is 2. The van der Waals surface area contributed by atoms with Gasteiger partial charge < -0.3 is 14.5 Å². The highest BCUT2D eigenvalue weighted by atomic mass is 35.5. The topological polar surface area (TPSA) is 49.9 Å². The van der Waals surface area contributed by atoms with Crippen LogP contribution in [0.5, 0.6) is 5.75 Å². The lowest BCUT2D eigenvalue weighted by molar-refractivity contribution is -0.132.